The van der Waals surface area contributed by atoms with Crippen LogP contribution in [0.4, 0.5) is 10.2 Å². The van der Waals surface area contributed by atoms with Crippen molar-refractivity contribution in [3.63, 3.8) is 0 Å². The number of carbonyl (C=O) groups is 1. The number of hydrogen-bond acceptors (Lipinski definition) is 7. The third-order valence-electron chi connectivity index (χ3n) is 9.25. The van der Waals surface area contributed by atoms with Gasteiger partial charge in [-0.25, -0.2) is 14.4 Å². The zero-order chi connectivity index (χ0) is 31.6. The third-order valence-corrected chi connectivity index (χ3v) is 9.55. The molecule has 0 unspecified atom stereocenters. The zero-order valence-corrected chi connectivity index (χ0v) is 25.7. The number of nitrogens with zero attached hydrogens (tertiary/aromatic N) is 7. The number of likely N-dealkylation sites (tertiary alicyclic amines) is 1. The van der Waals surface area contributed by atoms with Crippen molar-refractivity contribution in [2.45, 2.75) is 31.0 Å². The van der Waals surface area contributed by atoms with Crippen LogP contribution in [0.25, 0.3) is 43.8 Å². The summed E-state index contributed by atoms with van der Waals surface area (Å²) in [6, 6.07) is 14.1. The minimum atomic E-state index is -0.638. The van der Waals surface area contributed by atoms with E-state index in [9.17, 15) is 15.2 Å². The Balaban J connectivity index is 1.45. The van der Waals surface area contributed by atoms with E-state index >= 15 is 4.39 Å². The van der Waals surface area contributed by atoms with Crippen molar-refractivity contribution >= 4 is 56.0 Å². The number of fused-ring (bicyclic) bond motifs is 4. The minimum absolute atomic E-state index is 0.00470. The Kier molecular flexibility index (Phi) is 7.10. The number of benzene rings is 3. The zero-order valence-electron chi connectivity index (χ0n) is 24.9. The molecule has 1 amide bonds. The van der Waals surface area contributed by atoms with Crippen molar-refractivity contribution < 1.29 is 14.3 Å². The van der Waals surface area contributed by atoms with Gasteiger partial charge in [0.25, 0.3) is 0 Å². The lowest BCUT2D eigenvalue weighted by Gasteiger charge is -2.43. The number of pyridine rings is 1. The number of amides is 1. The first kappa shape index (κ1) is 29.0. The minimum Gasteiger partial charge on any atom is -0.508 e. The number of likely N-dealkylation sites (N-methyl/N-ethyl adjacent to an activating group) is 1. The second-order valence-electron chi connectivity index (χ2n) is 12.0. The Bertz CT molecular complexity index is 2060. The molecule has 7 rings (SSSR count). The Hall–Kier alpha value is -4.72. The van der Waals surface area contributed by atoms with Crippen LogP contribution >= 0.6 is 11.6 Å². The molecular weight excluding hydrogens is 593 g/mol. The highest BCUT2D eigenvalue weighted by Gasteiger charge is 2.35. The van der Waals surface area contributed by atoms with Crippen molar-refractivity contribution in [3.05, 3.63) is 72.3 Å². The fourth-order valence-electron chi connectivity index (χ4n) is 6.75. The van der Waals surface area contributed by atoms with Gasteiger partial charge in [0.15, 0.2) is 11.6 Å². The molecule has 2 atom stereocenters. The lowest BCUT2D eigenvalue weighted by Crippen LogP contribution is -2.57. The summed E-state index contributed by atoms with van der Waals surface area (Å²) in [4.78, 5) is 27.9. The van der Waals surface area contributed by atoms with Crippen LogP contribution in [-0.2, 0) is 4.79 Å². The maximum absolute atomic E-state index is 17.0. The molecule has 0 radical (unpaired) electrons. The molecule has 2 aliphatic heterocycles. The number of piperidine rings is 1. The van der Waals surface area contributed by atoms with E-state index in [1.165, 1.54) is 17.0 Å². The number of hydrogen-bond donors (Lipinski definition) is 1. The summed E-state index contributed by atoms with van der Waals surface area (Å²) in [6.45, 7) is 5.38. The summed E-state index contributed by atoms with van der Waals surface area (Å²) in [7, 11) is 4.06. The van der Waals surface area contributed by atoms with Gasteiger partial charge in [-0.05, 0) is 61.1 Å². The number of nitriles is 1. The Morgan fingerprint density at radius 3 is 2.71 bits per heavy atom. The van der Waals surface area contributed by atoms with Gasteiger partial charge in [-0.1, -0.05) is 42.4 Å². The molecule has 0 spiro atoms. The highest BCUT2D eigenvalue weighted by molar-refractivity contribution is 6.35. The van der Waals surface area contributed by atoms with Crippen LogP contribution in [0.15, 0.2) is 61.4 Å². The maximum Gasteiger partial charge on any atom is 0.247 e. The molecule has 3 aromatic carbocycles. The molecule has 11 heteroatoms. The molecular formula is C34H31ClFN7O2. The number of phenolic OH excluding ortho intramolecular Hbond substituents is 1. The largest absolute Gasteiger partial charge is 0.508 e. The van der Waals surface area contributed by atoms with Crippen LogP contribution < -0.4 is 4.90 Å². The summed E-state index contributed by atoms with van der Waals surface area (Å²) in [5.41, 5.74) is 2.09. The summed E-state index contributed by atoms with van der Waals surface area (Å²) in [6.07, 6.45) is 3.93. The predicted octanol–water partition coefficient (Wildman–Crippen LogP) is 5.89. The first-order valence-corrected chi connectivity index (χ1v) is 15.2. The second kappa shape index (κ2) is 11.0. The van der Waals surface area contributed by atoms with Gasteiger partial charge in [0.05, 0.1) is 22.9 Å². The number of aromatic nitrogens is 3. The number of rotatable bonds is 5. The van der Waals surface area contributed by atoms with Gasteiger partial charge in [-0.3, -0.25) is 4.79 Å². The fraction of sp³-hybridized carbons (Fsp3) is 0.294. The van der Waals surface area contributed by atoms with E-state index in [0.717, 1.165) is 10.8 Å². The van der Waals surface area contributed by atoms with Crippen molar-refractivity contribution in [1.82, 2.24) is 24.3 Å². The van der Waals surface area contributed by atoms with Gasteiger partial charge < -0.3 is 24.4 Å². The Morgan fingerprint density at radius 2 is 1.98 bits per heavy atom. The van der Waals surface area contributed by atoms with Crippen LogP contribution in [-0.4, -0.2) is 81.2 Å². The van der Waals surface area contributed by atoms with E-state index in [1.54, 1.807) is 18.5 Å². The van der Waals surface area contributed by atoms with Crippen molar-refractivity contribution in [2.24, 2.45) is 0 Å². The van der Waals surface area contributed by atoms with E-state index in [1.807, 2.05) is 42.9 Å². The van der Waals surface area contributed by atoms with Crippen molar-refractivity contribution in [1.29, 1.82) is 5.26 Å². The molecule has 9 nitrogen and oxygen atoms in total. The lowest BCUT2D eigenvalue weighted by atomic mass is 9.95. The summed E-state index contributed by atoms with van der Waals surface area (Å²) < 4.78 is 19.0. The van der Waals surface area contributed by atoms with E-state index in [0.29, 0.717) is 66.3 Å². The average Bonchev–Trinajstić information content (AvgIpc) is 3.45. The molecule has 2 aromatic heterocycles. The van der Waals surface area contributed by atoms with E-state index in [-0.39, 0.29) is 33.8 Å². The highest BCUT2D eigenvalue weighted by atomic mass is 35.5. The quantitative estimate of drug-likeness (QED) is 0.244. The first-order valence-electron chi connectivity index (χ1n) is 14.8. The average molecular weight is 624 g/mol. The molecule has 2 fully saturated rings. The Labute approximate surface area is 264 Å². The number of halogens is 2. The molecule has 2 aliphatic rings. The first-order chi connectivity index (χ1) is 21.7. The normalized spacial score (nSPS) is 18.9. The van der Waals surface area contributed by atoms with Gasteiger partial charge in [-0.2, -0.15) is 5.26 Å². The second-order valence-corrected chi connectivity index (χ2v) is 12.4. The molecule has 45 heavy (non-hydrogen) atoms. The third kappa shape index (κ3) is 4.66. The predicted molar refractivity (Wildman–Crippen MR) is 174 cm³/mol. The Morgan fingerprint density at radius 1 is 1.20 bits per heavy atom. The molecule has 5 aromatic rings. The van der Waals surface area contributed by atoms with Crippen LogP contribution in [0.3, 0.4) is 0 Å². The number of phenols is 1. The molecule has 228 valence electrons. The summed E-state index contributed by atoms with van der Waals surface area (Å²) >= 11 is 6.92. The van der Waals surface area contributed by atoms with Gasteiger partial charge >= 0.3 is 0 Å². The number of anilines is 1. The van der Waals surface area contributed by atoms with E-state index in [4.69, 9.17) is 21.6 Å². The molecule has 0 aliphatic carbocycles. The van der Waals surface area contributed by atoms with Crippen LogP contribution in [0.1, 0.15) is 18.9 Å². The van der Waals surface area contributed by atoms with Gasteiger partial charge in [0.1, 0.15) is 22.8 Å². The molecule has 4 heterocycles. The molecule has 2 saturated heterocycles. The fourth-order valence-corrected chi connectivity index (χ4v) is 7.05. The highest BCUT2D eigenvalue weighted by Crippen LogP contribution is 2.44. The smallest absolute Gasteiger partial charge is 0.247 e. The lowest BCUT2D eigenvalue weighted by molar-refractivity contribution is -0.128. The SMILES string of the molecule is C=CC(=O)N1CC[C@H](n2cnc3c(N4CC(N(C)C)C4)nc4c(F)c(-c5cc(O)cc6ccccc56)c(Cl)cc4c32)C[C@H]1C#N. The van der Waals surface area contributed by atoms with Crippen molar-refractivity contribution in [2.75, 3.05) is 38.6 Å². The summed E-state index contributed by atoms with van der Waals surface area (Å²) in [5.74, 6) is -0.278. The van der Waals surface area contributed by atoms with Gasteiger partial charge in [-0.15, -0.1) is 0 Å². The van der Waals surface area contributed by atoms with Crippen LogP contribution in [0.2, 0.25) is 5.02 Å². The van der Waals surface area contributed by atoms with Crippen LogP contribution in [0, 0.1) is 17.1 Å². The number of aromatic hydroxyl groups is 1. The standard InChI is InChI=1S/C34H31ClFN7O2/c1-4-28(45)42-10-9-20(12-21(42)15-37)43-18-38-32-33(43)26-14-27(35)29(25-13-23(44)11-19-7-5-6-8-24(19)25)30(36)31(26)39-34(32)41-16-22(17-41)40(2)3/h4-8,11,13-14,18,20-22,44H,1,9-10,12,16-17H2,2-3H3/t20-,21-/m0/s1. The monoisotopic (exact) mass is 623 g/mol. The number of carbonyl (C=O) groups excluding carboxylic acids is 1. The molecule has 0 saturated carbocycles. The van der Waals surface area contributed by atoms with Crippen molar-refractivity contribution in [3.8, 4) is 22.9 Å². The van der Waals surface area contributed by atoms with E-state index < -0.39 is 11.9 Å². The number of imidazole rings is 1. The van der Waals surface area contributed by atoms with Gasteiger partial charge in [0.2, 0.25) is 5.91 Å². The van der Waals surface area contributed by atoms with E-state index in [2.05, 4.69) is 22.4 Å². The summed E-state index contributed by atoms with van der Waals surface area (Å²) in [5, 5.41) is 22.7. The van der Waals surface area contributed by atoms with Gasteiger partial charge in [0, 0.05) is 49.1 Å². The maximum atomic E-state index is 17.0. The van der Waals surface area contributed by atoms with Crippen LogP contribution in [0.5, 0.6) is 5.75 Å². The molecule has 1 N–H and O–H groups in total. The topological polar surface area (TPSA) is 102 Å². The molecule has 0 bridgehead atoms.